The van der Waals surface area contributed by atoms with Gasteiger partial charge in [-0.05, 0) is 30.3 Å². The zero-order valence-electron chi connectivity index (χ0n) is 15.0. The molecule has 1 fully saturated rings. The summed E-state index contributed by atoms with van der Waals surface area (Å²) in [6.45, 7) is 5.20. The van der Waals surface area contributed by atoms with E-state index in [-0.39, 0.29) is 5.91 Å². The molecule has 144 valence electrons. The smallest absolute Gasteiger partial charge is 0.238 e. The summed E-state index contributed by atoms with van der Waals surface area (Å²) in [5.41, 5.74) is 0.845. The summed E-state index contributed by atoms with van der Waals surface area (Å²) in [5.74, 6) is 1.01. The van der Waals surface area contributed by atoms with Crippen LogP contribution >= 0.6 is 35.0 Å². The molecule has 0 aromatic heterocycles. The molecule has 1 aliphatic rings. The fraction of sp³-hybridized carbons (Fsp3) is 0.350. The second kappa shape index (κ2) is 10.3. The summed E-state index contributed by atoms with van der Waals surface area (Å²) in [7, 11) is 0. The lowest BCUT2D eigenvalue weighted by atomic mass is 10.3. The molecule has 1 heterocycles. The molecule has 0 spiro atoms. The second-order valence-corrected chi connectivity index (χ2v) is 8.44. The number of anilines is 1. The van der Waals surface area contributed by atoms with Crippen LogP contribution in [0.1, 0.15) is 0 Å². The van der Waals surface area contributed by atoms with Crippen molar-refractivity contribution in [2.75, 3.05) is 50.3 Å². The van der Waals surface area contributed by atoms with Crippen molar-refractivity contribution >= 4 is 46.6 Å². The number of carbonyl (C=O) groups is 1. The molecule has 0 unspecified atom stereocenters. The van der Waals surface area contributed by atoms with Gasteiger partial charge in [-0.2, -0.15) is 0 Å². The molecule has 3 rings (SSSR count). The first-order chi connectivity index (χ1) is 13.1. The van der Waals surface area contributed by atoms with Crippen molar-refractivity contribution in [3.8, 4) is 0 Å². The highest BCUT2D eigenvalue weighted by molar-refractivity contribution is 7.99. The van der Waals surface area contributed by atoms with E-state index in [9.17, 15) is 4.79 Å². The Hall–Kier alpha value is -1.24. The number of rotatable bonds is 7. The number of piperazine rings is 1. The average Bonchev–Trinajstić information content (AvgIpc) is 2.67. The average molecular weight is 424 g/mol. The zero-order valence-corrected chi connectivity index (χ0v) is 17.4. The van der Waals surface area contributed by atoms with E-state index in [1.165, 1.54) is 0 Å². The highest BCUT2D eigenvalue weighted by atomic mass is 35.5. The van der Waals surface area contributed by atoms with Gasteiger partial charge in [0, 0.05) is 54.1 Å². The van der Waals surface area contributed by atoms with Gasteiger partial charge in [-0.3, -0.25) is 14.6 Å². The van der Waals surface area contributed by atoms with Crippen molar-refractivity contribution in [2.45, 2.75) is 4.90 Å². The summed E-state index contributed by atoms with van der Waals surface area (Å²) >= 11 is 14.0. The molecule has 0 saturated carbocycles. The molecule has 0 atom stereocenters. The lowest BCUT2D eigenvalue weighted by molar-refractivity contribution is -0.117. The molecule has 2 aromatic carbocycles. The van der Waals surface area contributed by atoms with E-state index in [1.807, 2.05) is 42.5 Å². The van der Waals surface area contributed by atoms with Gasteiger partial charge < -0.3 is 5.32 Å². The first-order valence-corrected chi connectivity index (χ1v) is 10.7. The third-order valence-electron chi connectivity index (χ3n) is 4.45. The lowest BCUT2D eigenvalue weighted by Crippen LogP contribution is -2.49. The van der Waals surface area contributed by atoms with E-state index < -0.39 is 0 Å². The minimum absolute atomic E-state index is 0.0424. The summed E-state index contributed by atoms with van der Waals surface area (Å²) in [4.78, 5) is 17.8. The number of carbonyl (C=O) groups excluding carboxylic acids is 1. The number of thioether (sulfide) groups is 1. The van der Waals surface area contributed by atoms with Crippen LogP contribution in [0.25, 0.3) is 0 Å². The van der Waals surface area contributed by atoms with Crippen LogP contribution in [0.2, 0.25) is 10.0 Å². The van der Waals surface area contributed by atoms with Gasteiger partial charge in [0.2, 0.25) is 5.91 Å². The molecule has 27 heavy (non-hydrogen) atoms. The van der Waals surface area contributed by atoms with Crippen molar-refractivity contribution in [3.63, 3.8) is 0 Å². The number of halogens is 2. The minimum Gasteiger partial charge on any atom is -0.325 e. The van der Waals surface area contributed by atoms with Gasteiger partial charge in [-0.15, -0.1) is 11.8 Å². The molecule has 1 aliphatic heterocycles. The summed E-state index contributed by atoms with van der Waals surface area (Å²) in [6.07, 6.45) is 0. The highest BCUT2D eigenvalue weighted by Crippen LogP contribution is 2.29. The molecule has 1 saturated heterocycles. The normalized spacial score (nSPS) is 15.6. The quantitative estimate of drug-likeness (QED) is 0.671. The summed E-state index contributed by atoms with van der Waals surface area (Å²) in [5, 5.41) is 4.40. The first-order valence-electron chi connectivity index (χ1n) is 8.97. The highest BCUT2D eigenvalue weighted by Gasteiger charge is 2.18. The van der Waals surface area contributed by atoms with Gasteiger partial charge in [0.1, 0.15) is 0 Å². The number of amides is 1. The largest absolute Gasteiger partial charge is 0.325 e. The van der Waals surface area contributed by atoms with Crippen molar-refractivity contribution in [3.05, 3.63) is 58.6 Å². The minimum atomic E-state index is 0.0424. The first kappa shape index (κ1) is 20.5. The molecule has 4 nitrogen and oxygen atoms in total. The van der Waals surface area contributed by atoms with E-state index in [4.69, 9.17) is 23.2 Å². The predicted octanol–water partition coefficient (Wildman–Crippen LogP) is 4.34. The number of hydrogen-bond acceptors (Lipinski definition) is 4. The van der Waals surface area contributed by atoms with Crippen molar-refractivity contribution < 1.29 is 4.79 Å². The standard InChI is InChI=1S/C20H23Cl2N3OS/c21-16-6-7-18(22)19(14-16)27-13-12-24-8-10-25(11-9-24)15-20(26)23-17-4-2-1-3-5-17/h1-7,14H,8-13,15H2,(H,23,26). The fourth-order valence-corrected chi connectivity index (χ4v) is 4.47. The Morgan fingerprint density at radius 3 is 2.44 bits per heavy atom. The summed E-state index contributed by atoms with van der Waals surface area (Å²) in [6, 6.07) is 15.1. The molecule has 0 bridgehead atoms. The van der Waals surface area contributed by atoms with Crippen molar-refractivity contribution in [2.24, 2.45) is 0 Å². The van der Waals surface area contributed by atoms with Gasteiger partial charge >= 0.3 is 0 Å². The molecular weight excluding hydrogens is 401 g/mol. The SMILES string of the molecule is O=C(CN1CCN(CCSc2cc(Cl)ccc2Cl)CC1)Nc1ccccc1. The third-order valence-corrected chi connectivity index (χ3v) is 6.16. The van der Waals surface area contributed by atoms with Crippen LogP contribution in [0.5, 0.6) is 0 Å². The Bertz CT molecular complexity index is 752. The number of hydrogen-bond donors (Lipinski definition) is 1. The maximum absolute atomic E-state index is 12.2. The van der Waals surface area contributed by atoms with Gasteiger partial charge in [0.25, 0.3) is 0 Å². The molecule has 7 heteroatoms. The van der Waals surface area contributed by atoms with Crippen LogP contribution in [0.3, 0.4) is 0 Å². The fourth-order valence-electron chi connectivity index (χ4n) is 2.97. The Morgan fingerprint density at radius 1 is 1.00 bits per heavy atom. The van der Waals surface area contributed by atoms with E-state index in [2.05, 4.69) is 15.1 Å². The Labute approximate surface area is 174 Å². The number of benzene rings is 2. The molecule has 0 radical (unpaired) electrons. The maximum atomic E-state index is 12.2. The molecule has 2 aromatic rings. The maximum Gasteiger partial charge on any atom is 0.238 e. The Morgan fingerprint density at radius 2 is 1.70 bits per heavy atom. The van der Waals surface area contributed by atoms with E-state index in [0.717, 1.165) is 54.1 Å². The van der Waals surface area contributed by atoms with Gasteiger partial charge in [0.15, 0.2) is 0 Å². The van der Waals surface area contributed by atoms with Gasteiger partial charge in [-0.1, -0.05) is 41.4 Å². The molecular formula is C20H23Cl2N3OS. The van der Waals surface area contributed by atoms with Crippen LogP contribution in [-0.4, -0.2) is 60.7 Å². The topological polar surface area (TPSA) is 35.6 Å². The van der Waals surface area contributed by atoms with Crippen LogP contribution < -0.4 is 5.32 Å². The number of para-hydroxylation sites is 1. The Balaban J connectivity index is 1.35. The van der Waals surface area contributed by atoms with Crippen LogP contribution in [0.4, 0.5) is 5.69 Å². The van der Waals surface area contributed by atoms with Gasteiger partial charge in [0.05, 0.1) is 11.6 Å². The van der Waals surface area contributed by atoms with Crippen LogP contribution in [0.15, 0.2) is 53.4 Å². The summed E-state index contributed by atoms with van der Waals surface area (Å²) < 4.78 is 0. The number of nitrogens with zero attached hydrogens (tertiary/aromatic N) is 2. The number of nitrogens with one attached hydrogen (secondary N) is 1. The van der Waals surface area contributed by atoms with Gasteiger partial charge in [-0.25, -0.2) is 0 Å². The Kier molecular flexibility index (Phi) is 7.85. The second-order valence-electron chi connectivity index (χ2n) is 6.46. The van der Waals surface area contributed by atoms with Crippen molar-refractivity contribution in [1.29, 1.82) is 0 Å². The third kappa shape index (κ3) is 6.70. The zero-order chi connectivity index (χ0) is 19.1. The van der Waals surface area contributed by atoms with E-state index >= 15 is 0 Å². The lowest BCUT2D eigenvalue weighted by Gasteiger charge is -2.34. The monoisotopic (exact) mass is 423 g/mol. The van der Waals surface area contributed by atoms with Crippen molar-refractivity contribution in [1.82, 2.24) is 9.80 Å². The van der Waals surface area contributed by atoms with E-state index in [1.54, 1.807) is 17.8 Å². The molecule has 0 aliphatic carbocycles. The van der Waals surface area contributed by atoms with Crippen LogP contribution in [-0.2, 0) is 4.79 Å². The molecule has 1 N–H and O–H groups in total. The predicted molar refractivity (Wildman–Crippen MR) is 115 cm³/mol. The van der Waals surface area contributed by atoms with E-state index in [0.29, 0.717) is 11.6 Å². The molecule has 1 amide bonds. The van der Waals surface area contributed by atoms with Crippen LogP contribution in [0, 0.1) is 0 Å².